The molecule has 164 valence electrons. The topological polar surface area (TPSA) is 86.7 Å². The van der Waals surface area contributed by atoms with Gasteiger partial charge in [0, 0.05) is 17.6 Å². The fraction of sp³-hybridized carbons (Fsp3) is 0.625. The Hall–Kier alpha value is -2.21. The lowest BCUT2D eigenvalue weighted by Crippen LogP contribution is -2.79. The summed E-state index contributed by atoms with van der Waals surface area (Å²) in [5, 5.41) is 14.0. The molecule has 1 unspecified atom stereocenters. The Morgan fingerprint density at radius 1 is 1.07 bits per heavy atom. The molecule has 2 N–H and O–H groups in total. The first-order valence-electron chi connectivity index (χ1n) is 11.0. The molecule has 0 radical (unpaired) electrons. The minimum absolute atomic E-state index is 0.0246. The van der Waals surface area contributed by atoms with Crippen LogP contribution >= 0.6 is 0 Å². The zero-order chi connectivity index (χ0) is 22.3. The molecule has 30 heavy (non-hydrogen) atoms. The Morgan fingerprint density at radius 2 is 1.63 bits per heavy atom. The highest BCUT2D eigenvalue weighted by molar-refractivity contribution is 6.42. The summed E-state index contributed by atoms with van der Waals surface area (Å²) in [6, 6.07) is 6.12. The number of carbonyl (C=O) groups is 3. The van der Waals surface area contributed by atoms with Crippen LogP contribution in [0, 0.1) is 5.92 Å². The lowest BCUT2D eigenvalue weighted by Gasteiger charge is -2.61. The first-order chi connectivity index (χ1) is 14.0. The fourth-order valence-electron chi connectivity index (χ4n) is 5.19. The number of Topliss-reactive ketones (excluding diaryl/α,β-unsaturated/α-hetero) is 1. The average molecular weight is 415 g/mol. The van der Waals surface area contributed by atoms with Crippen molar-refractivity contribution in [2.45, 2.75) is 89.9 Å². The molecule has 2 atom stereocenters. The van der Waals surface area contributed by atoms with E-state index in [9.17, 15) is 19.5 Å². The molecule has 1 aromatic carbocycles. The van der Waals surface area contributed by atoms with Crippen LogP contribution in [0.1, 0.15) is 82.6 Å². The van der Waals surface area contributed by atoms with E-state index in [2.05, 4.69) is 5.32 Å². The van der Waals surface area contributed by atoms with Crippen molar-refractivity contribution in [3.05, 3.63) is 35.4 Å². The van der Waals surface area contributed by atoms with Crippen LogP contribution < -0.4 is 5.32 Å². The quantitative estimate of drug-likeness (QED) is 0.425. The predicted molar refractivity (Wildman–Crippen MR) is 115 cm³/mol. The number of ketones is 1. The number of nitrogens with zero attached hydrogens (tertiary/aromatic N) is 1. The fourth-order valence-corrected chi connectivity index (χ4v) is 5.19. The summed E-state index contributed by atoms with van der Waals surface area (Å²) < 4.78 is 0. The molecule has 2 aliphatic rings. The highest BCUT2D eigenvalue weighted by Gasteiger charge is 2.67. The maximum absolute atomic E-state index is 12.7. The summed E-state index contributed by atoms with van der Waals surface area (Å²) in [5.41, 5.74) is -1.73. The van der Waals surface area contributed by atoms with Gasteiger partial charge in [0.25, 0.3) is 11.8 Å². The third kappa shape index (κ3) is 3.55. The SMILES string of the molecule is CC(C)N1C(=O)C(O)(c2ccc(C(=O)C(=O)N[C@H](C)C3CCCCC3)cc2)C1(C)C. The van der Waals surface area contributed by atoms with Gasteiger partial charge < -0.3 is 15.3 Å². The van der Waals surface area contributed by atoms with Crippen LogP contribution in [0.15, 0.2) is 24.3 Å². The van der Waals surface area contributed by atoms with Gasteiger partial charge in [0.05, 0.1) is 5.54 Å². The van der Waals surface area contributed by atoms with Gasteiger partial charge in [-0.2, -0.15) is 0 Å². The molecule has 6 nitrogen and oxygen atoms in total. The monoisotopic (exact) mass is 414 g/mol. The first kappa shape index (κ1) is 22.5. The molecule has 0 aromatic heterocycles. The largest absolute Gasteiger partial charge is 0.374 e. The minimum Gasteiger partial charge on any atom is -0.374 e. The van der Waals surface area contributed by atoms with Gasteiger partial charge in [-0.15, -0.1) is 0 Å². The molecule has 1 aliphatic carbocycles. The number of aliphatic hydroxyl groups is 1. The summed E-state index contributed by atoms with van der Waals surface area (Å²) in [6.45, 7) is 9.44. The van der Waals surface area contributed by atoms with Gasteiger partial charge in [0.2, 0.25) is 5.78 Å². The van der Waals surface area contributed by atoms with Crippen LogP contribution in [0.2, 0.25) is 0 Å². The van der Waals surface area contributed by atoms with E-state index < -0.39 is 22.8 Å². The van der Waals surface area contributed by atoms with Crippen molar-refractivity contribution < 1.29 is 19.5 Å². The zero-order valence-corrected chi connectivity index (χ0v) is 18.7. The van der Waals surface area contributed by atoms with E-state index in [0.717, 1.165) is 12.8 Å². The van der Waals surface area contributed by atoms with Crippen LogP contribution in [0.5, 0.6) is 0 Å². The minimum atomic E-state index is -1.64. The first-order valence-corrected chi connectivity index (χ1v) is 11.0. The van der Waals surface area contributed by atoms with Crippen molar-refractivity contribution in [3.8, 4) is 0 Å². The summed E-state index contributed by atoms with van der Waals surface area (Å²) in [5.74, 6) is -1.13. The summed E-state index contributed by atoms with van der Waals surface area (Å²) in [7, 11) is 0. The second-order valence-corrected chi connectivity index (χ2v) is 9.61. The van der Waals surface area contributed by atoms with Crippen LogP contribution in [-0.4, -0.2) is 45.2 Å². The maximum atomic E-state index is 12.7. The van der Waals surface area contributed by atoms with Crippen molar-refractivity contribution >= 4 is 17.6 Å². The van der Waals surface area contributed by atoms with Gasteiger partial charge in [0.15, 0.2) is 5.60 Å². The second-order valence-electron chi connectivity index (χ2n) is 9.61. The Bertz CT molecular complexity index is 824. The van der Waals surface area contributed by atoms with Crippen molar-refractivity contribution in [1.29, 1.82) is 0 Å². The molecule has 1 aliphatic heterocycles. The third-order valence-electron chi connectivity index (χ3n) is 7.02. The van der Waals surface area contributed by atoms with Crippen molar-refractivity contribution in [2.75, 3.05) is 0 Å². The molecular formula is C24H34N2O4. The van der Waals surface area contributed by atoms with E-state index >= 15 is 0 Å². The highest BCUT2D eigenvalue weighted by atomic mass is 16.3. The number of β-lactam (4-membered cyclic amide) rings is 1. The molecular weight excluding hydrogens is 380 g/mol. The van der Waals surface area contributed by atoms with Crippen LogP contribution in [-0.2, 0) is 15.2 Å². The van der Waals surface area contributed by atoms with E-state index in [0.29, 0.717) is 11.5 Å². The number of carbonyl (C=O) groups excluding carboxylic acids is 3. The van der Waals surface area contributed by atoms with Crippen molar-refractivity contribution in [2.24, 2.45) is 5.92 Å². The third-order valence-corrected chi connectivity index (χ3v) is 7.02. The maximum Gasteiger partial charge on any atom is 0.292 e. The number of nitrogens with one attached hydrogen (secondary N) is 1. The summed E-state index contributed by atoms with van der Waals surface area (Å²) >= 11 is 0. The standard InChI is InChI=1S/C24H34N2O4/c1-15(2)26-22(29)24(30,23(26,4)5)19-13-11-18(12-14-19)20(27)21(28)25-16(3)17-9-7-6-8-10-17/h11-17,30H,6-10H2,1-5H3,(H,25,28)/t16-,24?/m1/s1. The van der Waals surface area contributed by atoms with Gasteiger partial charge in [-0.1, -0.05) is 43.5 Å². The summed E-state index contributed by atoms with van der Waals surface area (Å²) in [4.78, 5) is 39.4. The number of benzene rings is 1. The Balaban J connectivity index is 1.70. The van der Waals surface area contributed by atoms with Gasteiger partial charge in [-0.05, 0) is 58.9 Å². The van der Waals surface area contributed by atoms with E-state index in [-0.39, 0.29) is 23.6 Å². The predicted octanol–water partition coefficient (Wildman–Crippen LogP) is 3.17. The molecule has 3 rings (SSSR count). The van der Waals surface area contributed by atoms with Crippen LogP contribution in [0.3, 0.4) is 0 Å². The number of hydrogen-bond donors (Lipinski definition) is 2. The van der Waals surface area contributed by atoms with E-state index in [4.69, 9.17) is 0 Å². The van der Waals surface area contributed by atoms with Crippen LogP contribution in [0.25, 0.3) is 0 Å². The summed E-state index contributed by atoms with van der Waals surface area (Å²) in [6.07, 6.45) is 5.75. The van der Waals surface area contributed by atoms with Gasteiger partial charge in [0.1, 0.15) is 0 Å². The normalized spacial score (nSPS) is 25.0. The molecule has 0 bridgehead atoms. The Kier molecular flexibility index (Phi) is 6.10. The number of amides is 2. The Labute approximate surface area is 179 Å². The van der Waals surface area contributed by atoms with E-state index in [1.165, 1.54) is 31.4 Å². The number of rotatable bonds is 6. The van der Waals surface area contributed by atoms with E-state index in [1.807, 2.05) is 34.6 Å². The number of hydrogen-bond acceptors (Lipinski definition) is 4. The van der Waals surface area contributed by atoms with Gasteiger partial charge >= 0.3 is 0 Å². The molecule has 2 fully saturated rings. The zero-order valence-electron chi connectivity index (χ0n) is 18.7. The van der Waals surface area contributed by atoms with Gasteiger partial charge in [-0.25, -0.2) is 0 Å². The molecule has 0 spiro atoms. The molecule has 1 saturated heterocycles. The molecule has 1 heterocycles. The van der Waals surface area contributed by atoms with E-state index in [1.54, 1.807) is 17.0 Å². The number of likely N-dealkylation sites (tertiary alicyclic amines) is 1. The van der Waals surface area contributed by atoms with Crippen molar-refractivity contribution in [3.63, 3.8) is 0 Å². The molecule has 2 amide bonds. The smallest absolute Gasteiger partial charge is 0.292 e. The lowest BCUT2D eigenvalue weighted by atomic mass is 9.66. The van der Waals surface area contributed by atoms with Gasteiger partial charge in [-0.3, -0.25) is 14.4 Å². The molecule has 6 heteroatoms. The molecule has 1 saturated carbocycles. The molecule has 1 aromatic rings. The average Bonchev–Trinajstić information content (AvgIpc) is 2.72. The van der Waals surface area contributed by atoms with Crippen LogP contribution in [0.4, 0.5) is 0 Å². The highest BCUT2D eigenvalue weighted by Crippen LogP contribution is 2.49. The Morgan fingerprint density at radius 3 is 2.13 bits per heavy atom. The van der Waals surface area contributed by atoms with Crippen molar-refractivity contribution in [1.82, 2.24) is 10.2 Å². The second kappa shape index (κ2) is 8.14. The lowest BCUT2D eigenvalue weighted by molar-refractivity contribution is -0.221.